The predicted molar refractivity (Wildman–Crippen MR) is 104 cm³/mol. The summed E-state index contributed by atoms with van der Waals surface area (Å²) in [5, 5.41) is 11.0. The molecule has 1 aliphatic heterocycles. The smallest absolute Gasteiger partial charge is 0.344 e. The Bertz CT molecular complexity index is 1380. The quantitative estimate of drug-likeness (QED) is 0.523. The van der Waals surface area contributed by atoms with Gasteiger partial charge in [-0.1, -0.05) is 12.1 Å². The van der Waals surface area contributed by atoms with Crippen LogP contribution in [0.3, 0.4) is 0 Å². The maximum atomic E-state index is 12.7. The second-order valence-electron chi connectivity index (χ2n) is 6.55. The first-order chi connectivity index (χ1) is 14.0. The molecule has 4 aromatic rings. The van der Waals surface area contributed by atoms with Crippen molar-refractivity contribution in [3.63, 3.8) is 0 Å². The highest BCUT2D eigenvalue weighted by Crippen LogP contribution is 2.41. The number of ether oxygens (including phenoxy) is 2. The number of hydrogen-bond donors (Lipinski definition) is 1. The summed E-state index contributed by atoms with van der Waals surface area (Å²) in [4.78, 5) is 25.3. The molecule has 0 saturated heterocycles. The normalized spacial score (nSPS) is 14.8. The van der Waals surface area contributed by atoms with Gasteiger partial charge in [-0.05, 0) is 36.4 Å². The van der Waals surface area contributed by atoms with E-state index in [0.29, 0.717) is 28.0 Å². The number of rotatable bonds is 2. The van der Waals surface area contributed by atoms with Gasteiger partial charge in [0.15, 0.2) is 5.76 Å². The van der Waals surface area contributed by atoms with Gasteiger partial charge in [0.05, 0.1) is 29.4 Å². The maximum absolute atomic E-state index is 12.7. The molecule has 5 rings (SSSR count). The first-order valence-corrected chi connectivity index (χ1v) is 8.79. The van der Waals surface area contributed by atoms with Crippen LogP contribution in [0.25, 0.3) is 33.4 Å². The largest absolute Gasteiger partial charge is 0.497 e. The van der Waals surface area contributed by atoms with Gasteiger partial charge in [0.1, 0.15) is 17.1 Å². The molecule has 0 amide bonds. The molecule has 0 spiro atoms. The van der Waals surface area contributed by atoms with Gasteiger partial charge in [-0.15, -0.1) is 0 Å². The Morgan fingerprint density at radius 1 is 0.897 bits per heavy atom. The number of aliphatic hydroxyl groups excluding tert-OH is 1. The van der Waals surface area contributed by atoms with Crippen molar-refractivity contribution in [3.8, 4) is 33.9 Å². The Morgan fingerprint density at radius 2 is 1.66 bits per heavy atom. The Labute approximate surface area is 163 Å². The monoisotopic (exact) mass is 390 g/mol. The molecule has 2 aromatic carbocycles. The highest BCUT2D eigenvalue weighted by molar-refractivity contribution is 5.83. The molecule has 1 N–H and O–H groups in total. The number of para-hydroxylation sites is 1. The van der Waals surface area contributed by atoms with Crippen molar-refractivity contribution < 1.29 is 23.4 Å². The van der Waals surface area contributed by atoms with Crippen molar-refractivity contribution >= 4 is 11.0 Å². The van der Waals surface area contributed by atoms with Crippen molar-refractivity contribution in [1.29, 1.82) is 0 Å². The molecule has 0 aliphatic carbocycles. The molecule has 2 aromatic heterocycles. The zero-order valence-electron chi connectivity index (χ0n) is 15.2. The fourth-order valence-corrected chi connectivity index (χ4v) is 3.42. The lowest BCUT2D eigenvalue weighted by molar-refractivity contribution is -0.0231. The minimum absolute atomic E-state index is 0.0164. The lowest BCUT2D eigenvalue weighted by Gasteiger charge is -2.23. The van der Waals surface area contributed by atoms with Crippen LogP contribution in [0.15, 0.2) is 73.0 Å². The molecule has 29 heavy (non-hydrogen) atoms. The molecule has 0 fully saturated rings. The Balaban J connectivity index is 1.72. The topological polar surface area (TPSA) is 99.1 Å². The summed E-state index contributed by atoms with van der Waals surface area (Å²) < 4.78 is 21.5. The van der Waals surface area contributed by atoms with Gasteiger partial charge in [-0.2, -0.15) is 0 Å². The van der Waals surface area contributed by atoms with Gasteiger partial charge in [0.2, 0.25) is 6.29 Å². The average Bonchev–Trinajstić information content (AvgIpc) is 2.73. The van der Waals surface area contributed by atoms with E-state index in [4.69, 9.17) is 18.3 Å². The van der Waals surface area contributed by atoms with E-state index in [9.17, 15) is 14.7 Å². The van der Waals surface area contributed by atoms with Crippen molar-refractivity contribution in [1.82, 2.24) is 0 Å². The summed E-state index contributed by atoms with van der Waals surface area (Å²) in [7, 11) is 1.51. The number of benzene rings is 2. The Hall–Kier alpha value is -3.84. The molecule has 1 atom stereocenters. The lowest BCUT2D eigenvalue weighted by atomic mass is 9.99. The molecule has 1 aliphatic rings. The minimum atomic E-state index is -1.33. The standard InChI is InChI=1S/C22H14O7/c1-26-12-7-6-11-8-14(20(23)28-18(11)9-12)15-10-16-19(29-21(15)24)13-4-2-3-5-17(13)27-22(16)25/h2-10,22,25H,1H3. The first-order valence-electron chi connectivity index (χ1n) is 8.79. The van der Waals surface area contributed by atoms with Crippen LogP contribution in [-0.4, -0.2) is 12.2 Å². The van der Waals surface area contributed by atoms with Gasteiger partial charge in [-0.3, -0.25) is 0 Å². The van der Waals surface area contributed by atoms with E-state index in [1.54, 1.807) is 48.5 Å². The lowest BCUT2D eigenvalue weighted by Crippen LogP contribution is -2.18. The Kier molecular flexibility index (Phi) is 3.78. The summed E-state index contributed by atoms with van der Waals surface area (Å²) in [6, 6.07) is 14.9. The van der Waals surface area contributed by atoms with Gasteiger partial charge in [0, 0.05) is 11.5 Å². The second-order valence-corrected chi connectivity index (χ2v) is 6.55. The molecule has 0 radical (unpaired) electrons. The summed E-state index contributed by atoms with van der Waals surface area (Å²) in [5.74, 6) is 1.16. The van der Waals surface area contributed by atoms with Crippen LogP contribution in [0.5, 0.6) is 11.5 Å². The van der Waals surface area contributed by atoms with Crippen LogP contribution in [0, 0.1) is 0 Å². The van der Waals surface area contributed by atoms with Crippen molar-refractivity contribution in [2.45, 2.75) is 6.29 Å². The number of methoxy groups -OCH3 is 1. The van der Waals surface area contributed by atoms with E-state index in [-0.39, 0.29) is 22.5 Å². The van der Waals surface area contributed by atoms with Gasteiger partial charge >= 0.3 is 11.3 Å². The zero-order chi connectivity index (χ0) is 20.1. The van der Waals surface area contributed by atoms with E-state index in [1.807, 2.05) is 0 Å². The molecule has 144 valence electrons. The molecule has 7 heteroatoms. The summed E-state index contributed by atoms with van der Waals surface area (Å²) in [6.45, 7) is 0. The SMILES string of the molecule is COc1ccc2cc(-c3cc4c(oc3=O)-c3ccccc3OC4O)c(=O)oc2c1. The van der Waals surface area contributed by atoms with E-state index in [0.717, 1.165) is 0 Å². The third kappa shape index (κ3) is 2.71. The zero-order valence-corrected chi connectivity index (χ0v) is 15.2. The third-order valence-electron chi connectivity index (χ3n) is 4.85. The summed E-state index contributed by atoms with van der Waals surface area (Å²) in [5.41, 5.74) is -0.265. The molecule has 0 bridgehead atoms. The van der Waals surface area contributed by atoms with Crippen molar-refractivity contribution in [2.75, 3.05) is 7.11 Å². The van der Waals surface area contributed by atoms with Crippen molar-refractivity contribution in [2.24, 2.45) is 0 Å². The van der Waals surface area contributed by atoms with E-state index < -0.39 is 17.5 Å². The van der Waals surface area contributed by atoms with Gasteiger partial charge in [-0.25, -0.2) is 9.59 Å². The summed E-state index contributed by atoms with van der Waals surface area (Å²) in [6.07, 6.45) is -1.33. The van der Waals surface area contributed by atoms with Crippen LogP contribution in [0.4, 0.5) is 0 Å². The fourth-order valence-electron chi connectivity index (χ4n) is 3.42. The second kappa shape index (κ2) is 6.35. The number of aliphatic hydroxyl groups is 1. The highest BCUT2D eigenvalue weighted by atomic mass is 16.6. The Morgan fingerprint density at radius 3 is 2.48 bits per heavy atom. The van der Waals surface area contributed by atoms with Gasteiger partial charge in [0.25, 0.3) is 0 Å². The summed E-state index contributed by atoms with van der Waals surface area (Å²) >= 11 is 0. The van der Waals surface area contributed by atoms with E-state index in [2.05, 4.69) is 0 Å². The highest BCUT2D eigenvalue weighted by Gasteiger charge is 2.29. The first kappa shape index (κ1) is 17.3. The molecule has 3 heterocycles. The van der Waals surface area contributed by atoms with Crippen LogP contribution >= 0.6 is 0 Å². The maximum Gasteiger partial charge on any atom is 0.344 e. The minimum Gasteiger partial charge on any atom is -0.497 e. The molecule has 7 nitrogen and oxygen atoms in total. The van der Waals surface area contributed by atoms with Gasteiger partial charge < -0.3 is 23.4 Å². The third-order valence-corrected chi connectivity index (χ3v) is 4.85. The van der Waals surface area contributed by atoms with Crippen LogP contribution < -0.4 is 20.7 Å². The number of hydrogen-bond acceptors (Lipinski definition) is 7. The predicted octanol–water partition coefficient (Wildman–Crippen LogP) is 3.47. The van der Waals surface area contributed by atoms with Crippen LogP contribution in [0.1, 0.15) is 11.9 Å². The fraction of sp³-hybridized carbons (Fsp3) is 0.0909. The number of fused-ring (bicyclic) bond motifs is 4. The average molecular weight is 390 g/mol. The molecule has 0 saturated carbocycles. The molecule has 1 unspecified atom stereocenters. The van der Waals surface area contributed by atoms with E-state index >= 15 is 0 Å². The molecular weight excluding hydrogens is 376 g/mol. The van der Waals surface area contributed by atoms with Crippen LogP contribution in [-0.2, 0) is 0 Å². The molecular formula is C22H14O7. The van der Waals surface area contributed by atoms with Crippen molar-refractivity contribution in [3.05, 3.63) is 81.0 Å². The van der Waals surface area contributed by atoms with E-state index in [1.165, 1.54) is 13.2 Å². The van der Waals surface area contributed by atoms with Crippen LogP contribution in [0.2, 0.25) is 0 Å².